The van der Waals surface area contributed by atoms with Gasteiger partial charge in [0.1, 0.15) is 5.75 Å². The molecule has 1 saturated heterocycles. The largest absolute Gasteiger partial charge is 0.495 e. The van der Waals surface area contributed by atoms with Gasteiger partial charge in [-0.05, 0) is 55.2 Å². The van der Waals surface area contributed by atoms with E-state index in [1.807, 2.05) is 36.4 Å². The Morgan fingerprint density at radius 1 is 1.21 bits per heavy atom. The van der Waals surface area contributed by atoms with Crippen LogP contribution in [-0.4, -0.2) is 36.0 Å². The molecule has 7 heteroatoms. The van der Waals surface area contributed by atoms with E-state index in [1.165, 1.54) is 25.3 Å². The molecular formula is C26H27ClN4O2. The third-order valence-corrected chi connectivity index (χ3v) is 5.96. The number of rotatable bonds is 8. The number of halogens is 1. The van der Waals surface area contributed by atoms with Crippen LogP contribution < -0.4 is 15.0 Å². The number of ketones is 1. The van der Waals surface area contributed by atoms with Crippen molar-refractivity contribution in [3.05, 3.63) is 71.9 Å². The summed E-state index contributed by atoms with van der Waals surface area (Å²) in [7, 11) is 1.70. The number of methoxy groups -OCH3 is 1. The van der Waals surface area contributed by atoms with Crippen LogP contribution in [0.25, 0.3) is 11.3 Å². The molecule has 4 rings (SSSR count). The Hall–Kier alpha value is -3.38. The molecule has 1 aliphatic heterocycles. The summed E-state index contributed by atoms with van der Waals surface area (Å²) in [6, 6.07) is 13.6. The lowest BCUT2D eigenvalue weighted by Crippen LogP contribution is -2.29. The monoisotopic (exact) mass is 462 g/mol. The first-order valence-corrected chi connectivity index (χ1v) is 11.4. The molecule has 0 bridgehead atoms. The quantitative estimate of drug-likeness (QED) is 0.424. The van der Waals surface area contributed by atoms with Crippen LogP contribution in [-0.2, 0) is 11.2 Å². The molecule has 6 nitrogen and oxygen atoms in total. The fourth-order valence-electron chi connectivity index (χ4n) is 4.01. The molecule has 1 N–H and O–H groups in total. The van der Waals surface area contributed by atoms with Crippen LogP contribution in [0, 0.1) is 0 Å². The number of ether oxygens (including phenoxy) is 1. The average molecular weight is 463 g/mol. The predicted molar refractivity (Wildman–Crippen MR) is 134 cm³/mol. The third-order valence-electron chi connectivity index (χ3n) is 5.68. The van der Waals surface area contributed by atoms with Gasteiger partial charge in [-0.25, -0.2) is 9.97 Å². The minimum atomic E-state index is -0.0349. The van der Waals surface area contributed by atoms with E-state index in [9.17, 15) is 4.79 Å². The van der Waals surface area contributed by atoms with E-state index in [0.717, 1.165) is 41.3 Å². The van der Waals surface area contributed by atoms with Crippen molar-refractivity contribution in [1.29, 1.82) is 0 Å². The number of nitrogens with one attached hydrogen (secondary N) is 1. The van der Waals surface area contributed by atoms with Crippen LogP contribution in [0.1, 0.15) is 24.8 Å². The molecule has 170 valence electrons. The van der Waals surface area contributed by atoms with E-state index in [-0.39, 0.29) is 12.2 Å². The number of piperidine rings is 1. The number of aromatic nitrogens is 2. The van der Waals surface area contributed by atoms with E-state index < -0.39 is 0 Å². The summed E-state index contributed by atoms with van der Waals surface area (Å²) in [6.45, 7) is 5.58. The first-order valence-electron chi connectivity index (χ1n) is 11.0. The molecular weight excluding hydrogens is 436 g/mol. The molecule has 33 heavy (non-hydrogen) atoms. The number of allylic oxidation sites excluding steroid dienone is 1. The van der Waals surface area contributed by atoms with Gasteiger partial charge in [-0.2, -0.15) is 0 Å². The van der Waals surface area contributed by atoms with Crippen molar-refractivity contribution in [2.75, 3.05) is 30.4 Å². The van der Waals surface area contributed by atoms with Crippen LogP contribution in [0.3, 0.4) is 0 Å². The van der Waals surface area contributed by atoms with E-state index in [2.05, 4.69) is 32.8 Å². The SMILES string of the molecule is C=CC(=O)Cc1cccc(-c2nc(Nc3ccc(OC)c(N4CCCCC4)c3)ncc2Cl)c1. The lowest BCUT2D eigenvalue weighted by atomic mass is 10.0. The number of hydrogen-bond donors (Lipinski definition) is 1. The maximum absolute atomic E-state index is 11.7. The highest BCUT2D eigenvalue weighted by atomic mass is 35.5. The molecule has 0 spiro atoms. The van der Waals surface area contributed by atoms with E-state index in [4.69, 9.17) is 16.3 Å². The van der Waals surface area contributed by atoms with Crippen LogP contribution >= 0.6 is 11.6 Å². The molecule has 0 amide bonds. The maximum Gasteiger partial charge on any atom is 0.227 e. The van der Waals surface area contributed by atoms with Gasteiger partial charge < -0.3 is 15.0 Å². The van der Waals surface area contributed by atoms with Gasteiger partial charge in [0.05, 0.1) is 29.7 Å². The van der Waals surface area contributed by atoms with Gasteiger partial charge in [0.2, 0.25) is 5.95 Å². The molecule has 0 radical (unpaired) electrons. The molecule has 0 atom stereocenters. The molecule has 1 aromatic heterocycles. The fourth-order valence-corrected chi connectivity index (χ4v) is 4.21. The van der Waals surface area contributed by atoms with Crippen molar-refractivity contribution < 1.29 is 9.53 Å². The van der Waals surface area contributed by atoms with Gasteiger partial charge in [-0.3, -0.25) is 4.79 Å². The van der Waals surface area contributed by atoms with Crippen molar-refractivity contribution in [2.24, 2.45) is 0 Å². The molecule has 2 heterocycles. The maximum atomic E-state index is 11.7. The Morgan fingerprint density at radius 3 is 2.79 bits per heavy atom. The van der Waals surface area contributed by atoms with Crippen LogP contribution in [0.5, 0.6) is 5.75 Å². The molecule has 1 aliphatic rings. The predicted octanol–water partition coefficient (Wildman–Crippen LogP) is 5.84. The Balaban J connectivity index is 1.60. The summed E-state index contributed by atoms with van der Waals surface area (Å²) in [4.78, 5) is 23.1. The summed E-state index contributed by atoms with van der Waals surface area (Å²) in [5, 5.41) is 3.74. The highest BCUT2D eigenvalue weighted by molar-refractivity contribution is 6.32. The average Bonchev–Trinajstić information content (AvgIpc) is 2.85. The second kappa shape index (κ2) is 10.5. The molecule has 0 saturated carbocycles. The second-order valence-electron chi connectivity index (χ2n) is 8.00. The van der Waals surface area contributed by atoms with Gasteiger partial charge in [0.25, 0.3) is 0 Å². The van der Waals surface area contributed by atoms with E-state index >= 15 is 0 Å². The first kappa shape index (κ1) is 22.8. The minimum absolute atomic E-state index is 0.0349. The van der Waals surface area contributed by atoms with Crippen LogP contribution in [0.4, 0.5) is 17.3 Å². The normalized spacial score (nSPS) is 13.5. The smallest absolute Gasteiger partial charge is 0.227 e. The Kier molecular flexibility index (Phi) is 7.25. The van der Waals surface area contributed by atoms with Gasteiger partial charge in [-0.15, -0.1) is 0 Å². The standard InChI is InChI=1S/C26H27ClN4O2/c1-3-21(32)15-18-8-7-9-19(14-18)25-22(27)17-28-26(30-25)29-20-10-11-24(33-2)23(16-20)31-12-5-4-6-13-31/h3,7-11,14,16-17H,1,4-6,12-13,15H2,2H3,(H,28,29,30). The van der Waals surface area contributed by atoms with Crippen LogP contribution in [0.15, 0.2) is 61.3 Å². The zero-order valence-electron chi connectivity index (χ0n) is 18.7. The topological polar surface area (TPSA) is 67.3 Å². The zero-order valence-corrected chi connectivity index (χ0v) is 19.4. The van der Waals surface area contributed by atoms with Crippen molar-refractivity contribution >= 4 is 34.7 Å². The number of anilines is 3. The highest BCUT2D eigenvalue weighted by Gasteiger charge is 2.16. The number of benzene rings is 2. The number of carbonyl (C=O) groups excluding carboxylic acids is 1. The van der Waals surface area contributed by atoms with Crippen molar-refractivity contribution in [3.8, 4) is 17.0 Å². The molecule has 1 fully saturated rings. The zero-order chi connectivity index (χ0) is 23.2. The fraction of sp³-hybridized carbons (Fsp3) is 0.269. The van der Waals surface area contributed by atoms with Gasteiger partial charge >= 0.3 is 0 Å². The van der Waals surface area contributed by atoms with Crippen molar-refractivity contribution in [3.63, 3.8) is 0 Å². The molecule has 0 unspecified atom stereocenters. The lowest BCUT2D eigenvalue weighted by Gasteiger charge is -2.30. The lowest BCUT2D eigenvalue weighted by molar-refractivity contribution is -0.114. The summed E-state index contributed by atoms with van der Waals surface area (Å²) < 4.78 is 5.59. The van der Waals surface area contributed by atoms with Crippen molar-refractivity contribution in [2.45, 2.75) is 25.7 Å². The van der Waals surface area contributed by atoms with Gasteiger partial charge in [-0.1, -0.05) is 36.4 Å². The Morgan fingerprint density at radius 2 is 2.03 bits per heavy atom. The third kappa shape index (κ3) is 5.52. The Labute approximate surface area is 199 Å². The molecule has 2 aromatic carbocycles. The minimum Gasteiger partial charge on any atom is -0.495 e. The summed E-state index contributed by atoms with van der Waals surface area (Å²) >= 11 is 6.43. The van der Waals surface area contributed by atoms with Crippen LogP contribution in [0.2, 0.25) is 5.02 Å². The molecule has 3 aromatic rings. The summed E-state index contributed by atoms with van der Waals surface area (Å²) in [5.74, 6) is 1.26. The summed E-state index contributed by atoms with van der Waals surface area (Å²) in [6.07, 6.45) is 6.84. The van der Waals surface area contributed by atoms with Crippen molar-refractivity contribution in [1.82, 2.24) is 9.97 Å². The van der Waals surface area contributed by atoms with E-state index in [1.54, 1.807) is 13.3 Å². The molecule has 0 aliphatic carbocycles. The Bertz CT molecular complexity index is 1160. The van der Waals surface area contributed by atoms with E-state index in [0.29, 0.717) is 16.7 Å². The van der Waals surface area contributed by atoms with Gasteiger partial charge in [0, 0.05) is 30.8 Å². The number of carbonyl (C=O) groups is 1. The highest BCUT2D eigenvalue weighted by Crippen LogP contribution is 2.34. The number of hydrogen-bond acceptors (Lipinski definition) is 6. The first-order chi connectivity index (χ1) is 16.1. The number of nitrogens with zero attached hydrogens (tertiary/aromatic N) is 3. The van der Waals surface area contributed by atoms with Gasteiger partial charge in [0.15, 0.2) is 5.78 Å². The second-order valence-corrected chi connectivity index (χ2v) is 8.40. The summed E-state index contributed by atoms with van der Waals surface area (Å²) in [5.41, 5.74) is 4.24.